The second-order valence-electron chi connectivity index (χ2n) is 0. The number of rotatable bonds is 0. The van der Waals surface area contributed by atoms with Gasteiger partial charge in [0.2, 0.25) is 0 Å². The molecular weight excluding hydrogens is 284 g/mol. The van der Waals surface area contributed by atoms with E-state index >= 15 is 0 Å². The van der Waals surface area contributed by atoms with E-state index < -0.39 is 0 Å². The maximum absolute atomic E-state index is 0. The normalized spacial score (nSPS) is 0. The molecule has 0 amide bonds. The van der Waals surface area contributed by atoms with Crippen molar-refractivity contribution in [2.24, 2.45) is 0 Å². The summed E-state index contributed by atoms with van der Waals surface area (Å²) in [7, 11) is 0. The summed E-state index contributed by atoms with van der Waals surface area (Å²) in [5.41, 5.74) is 0. The summed E-state index contributed by atoms with van der Waals surface area (Å²) in [6.45, 7) is 0. The first-order valence-electron chi connectivity index (χ1n) is 0. The van der Waals surface area contributed by atoms with Crippen molar-refractivity contribution in [2.45, 2.75) is 0 Å². The molecule has 0 rings (SSSR count). The van der Waals surface area contributed by atoms with Crippen LogP contribution in [0.3, 0.4) is 0 Å². The van der Waals surface area contributed by atoms with Crippen molar-refractivity contribution in [3.05, 3.63) is 0 Å². The smallest absolute Gasteiger partial charge is 0 e. The monoisotopic (exact) mass is 294 g/mol. The van der Waals surface area contributed by atoms with Gasteiger partial charge in [-0.05, 0) is 0 Å². The van der Waals surface area contributed by atoms with Crippen molar-refractivity contribution in [1.82, 2.24) is 0 Å². The first-order valence-corrected chi connectivity index (χ1v) is 0. The third-order valence-corrected chi connectivity index (χ3v) is 0. The van der Waals surface area contributed by atoms with Crippen molar-refractivity contribution in [3.63, 3.8) is 0 Å². The Kier molecular flexibility index (Phi) is 587. The predicted molar refractivity (Wildman–Crippen MR) is 39.8 cm³/mol. The third kappa shape index (κ3) is 42.7. The second-order valence-corrected chi connectivity index (χ2v) is 0. The van der Waals surface area contributed by atoms with Crippen LogP contribution in [0.2, 0.25) is 0 Å². The zero-order valence-corrected chi connectivity index (χ0v) is 3.91. The van der Waals surface area contributed by atoms with Crippen LogP contribution < -0.4 is 0 Å². The fourth-order valence-corrected chi connectivity index (χ4v) is 0. The van der Waals surface area contributed by atoms with Gasteiger partial charge in [0.1, 0.15) is 0 Å². The van der Waals surface area contributed by atoms with Crippen LogP contribution in [0.5, 0.6) is 0 Å². The molecule has 7 heavy (non-hydrogen) atoms. The molecule has 0 atom stereocenters. The average molecular weight is 296 g/mol. The van der Waals surface area contributed by atoms with Gasteiger partial charge in [-0.15, -0.1) is 0 Å². The first-order chi connectivity index (χ1) is 0. The molecule has 7 heteroatoms. The fourth-order valence-electron chi connectivity index (χ4n) is 0. The summed E-state index contributed by atoms with van der Waals surface area (Å²) in [4.78, 5) is 0. The van der Waals surface area contributed by atoms with Crippen LogP contribution >= 0.6 is 0 Å². The van der Waals surface area contributed by atoms with Crippen molar-refractivity contribution in [2.75, 3.05) is 0 Å². The van der Waals surface area contributed by atoms with E-state index in [1.165, 1.54) is 0 Å². The molecule has 0 aliphatic rings. The quantitative estimate of drug-likeness (QED) is 0.394. The molecule has 0 N–H and O–H groups in total. The predicted octanol–water partition coefficient (Wildman–Crippen LogP) is -4.74. The van der Waals surface area contributed by atoms with E-state index in [4.69, 9.17) is 0 Å². The Morgan fingerprint density at radius 1 is 0.286 bits per heavy atom. The largest absolute Gasteiger partial charge is 0.187 e. The van der Waals surface area contributed by atoms with Crippen LogP contribution in [0.1, 0.15) is 0 Å². The maximum Gasteiger partial charge on any atom is 0.187 e. The first kappa shape index (κ1) is 75.2. The zero-order valence-electron chi connectivity index (χ0n) is 0.949. The minimum atomic E-state index is 0. The molecule has 0 aromatic heterocycles. The van der Waals surface area contributed by atoms with E-state index in [1.807, 2.05) is 0 Å². The van der Waals surface area contributed by atoms with Gasteiger partial charge in [0, 0.05) is 49.5 Å². The molecule has 0 heterocycles. The summed E-state index contributed by atoms with van der Waals surface area (Å²) in [6.07, 6.45) is 0. The molecule has 0 saturated carbocycles. The summed E-state index contributed by atoms with van der Waals surface area (Å²) in [5.74, 6) is 0. The Hall–Kier alpha value is 3.61. The molecule has 0 unspecified atom stereocenters. The summed E-state index contributed by atoms with van der Waals surface area (Å²) in [5, 5.41) is 0. The van der Waals surface area contributed by atoms with Crippen LogP contribution in [-0.2, 0) is 49.5 Å². The van der Waals surface area contributed by atoms with Crippen LogP contribution in [0, 0.1) is 0 Å². The maximum atomic E-state index is 0. The minimum absolute atomic E-state index is 0. The Morgan fingerprint density at radius 2 is 0.286 bits per heavy atom. The molecule has 0 saturated heterocycles. The van der Waals surface area contributed by atoms with Crippen LogP contribution in [-0.4, -0.2) is 69.4 Å². The minimum Gasteiger partial charge on any atom is 0 e. The molecule has 0 aliphatic heterocycles. The fraction of sp³-hybridized carbons (Fsp3) is 0. The van der Waals surface area contributed by atoms with Gasteiger partial charge < -0.3 is 0 Å². The van der Waals surface area contributed by atoms with Crippen LogP contribution in [0.25, 0.3) is 0 Å². The van der Waals surface area contributed by atoms with Gasteiger partial charge in [-0.3, -0.25) is 0 Å². The molecular formula is H12Al4Ni3. The Bertz CT molecular complexity index is 6.90. The van der Waals surface area contributed by atoms with Crippen molar-refractivity contribution in [1.29, 1.82) is 0 Å². The van der Waals surface area contributed by atoms with E-state index in [9.17, 15) is 0 Å². The SMILES string of the molecule is [AlH3].[AlH3].[AlH3].[AlH3].[Ni].[Ni].[Ni]. The van der Waals surface area contributed by atoms with Gasteiger partial charge >= 0.3 is 0 Å². The van der Waals surface area contributed by atoms with E-state index in [0.29, 0.717) is 0 Å². The van der Waals surface area contributed by atoms with E-state index in [-0.39, 0.29) is 119 Å². The summed E-state index contributed by atoms with van der Waals surface area (Å²) >= 11 is 0. The van der Waals surface area contributed by atoms with Crippen molar-refractivity contribution < 1.29 is 49.5 Å². The molecule has 54 valence electrons. The Labute approximate surface area is 117 Å². The van der Waals surface area contributed by atoms with Crippen molar-refractivity contribution >= 4 is 69.4 Å². The third-order valence-electron chi connectivity index (χ3n) is 0. The van der Waals surface area contributed by atoms with Crippen LogP contribution in [0.15, 0.2) is 0 Å². The second kappa shape index (κ2) is 54.7. The van der Waals surface area contributed by atoms with Crippen molar-refractivity contribution in [3.8, 4) is 0 Å². The summed E-state index contributed by atoms with van der Waals surface area (Å²) < 4.78 is 0. The molecule has 0 nitrogen and oxygen atoms in total. The van der Waals surface area contributed by atoms with E-state index in [0.717, 1.165) is 0 Å². The molecule has 0 aliphatic carbocycles. The molecule has 0 radical (unpaired) electrons. The van der Waals surface area contributed by atoms with Gasteiger partial charge in [0.25, 0.3) is 0 Å². The molecule has 0 aromatic carbocycles. The Morgan fingerprint density at radius 3 is 0.286 bits per heavy atom. The molecule has 0 fully saturated rings. The van der Waals surface area contributed by atoms with Gasteiger partial charge in [-0.25, -0.2) is 0 Å². The molecule has 0 bridgehead atoms. The van der Waals surface area contributed by atoms with E-state index in [1.54, 1.807) is 0 Å². The number of hydrogen-bond donors (Lipinski definition) is 0. The summed E-state index contributed by atoms with van der Waals surface area (Å²) in [6, 6.07) is 0. The topological polar surface area (TPSA) is 0 Å². The standard InChI is InChI=1S/4Al.3Ni.12H. The van der Waals surface area contributed by atoms with Gasteiger partial charge in [-0.2, -0.15) is 0 Å². The van der Waals surface area contributed by atoms with Gasteiger partial charge in [0.15, 0.2) is 69.4 Å². The molecule has 0 aromatic rings. The molecule has 0 spiro atoms. The van der Waals surface area contributed by atoms with E-state index in [2.05, 4.69) is 0 Å². The van der Waals surface area contributed by atoms with Crippen LogP contribution in [0.4, 0.5) is 0 Å². The van der Waals surface area contributed by atoms with Gasteiger partial charge in [0.05, 0.1) is 0 Å². The zero-order chi connectivity index (χ0) is 0. The Balaban J connectivity index is 0. The van der Waals surface area contributed by atoms with Gasteiger partial charge in [-0.1, -0.05) is 0 Å². The average Bonchev–Trinajstić information content (AvgIpc) is 0. The number of hydrogen-bond acceptors (Lipinski definition) is 0.